The molecule has 0 spiro atoms. The summed E-state index contributed by atoms with van der Waals surface area (Å²) >= 11 is 0. The number of para-hydroxylation sites is 1. The molecule has 2 fully saturated rings. The van der Waals surface area contributed by atoms with Crippen molar-refractivity contribution < 1.29 is 4.79 Å². The topological polar surface area (TPSA) is 44.4 Å². The zero-order valence-corrected chi connectivity index (χ0v) is 10.5. The van der Waals surface area contributed by atoms with Gasteiger partial charge in [0.2, 0.25) is 5.91 Å². The third kappa shape index (κ3) is 2.20. The largest absolute Gasteiger partial charge is 0.317 e. The van der Waals surface area contributed by atoms with Crippen molar-refractivity contribution in [2.24, 2.45) is 0 Å². The lowest BCUT2D eigenvalue weighted by atomic mass is 9.89. The Balaban J connectivity index is 1.87. The van der Waals surface area contributed by atoms with Crippen molar-refractivity contribution in [1.29, 1.82) is 0 Å². The Morgan fingerprint density at radius 3 is 2.67 bits per heavy atom. The SMILES string of the molecule is O=C1CCN(c2ccccc2C2CCNCC2)N1. The lowest BCUT2D eigenvalue weighted by Crippen LogP contribution is -2.34. The zero-order chi connectivity index (χ0) is 12.4. The third-order valence-electron chi connectivity index (χ3n) is 3.83. The predicted molar refractivity (Wildman–Crippen MR) is 71.4 cm³/mol. The maximum atomic E-state index is 11.4. The van der Waals surface area contributed by atoms with E-state index in [0.29, 0.717) is 12.3 Å². The number of hydrogen-bond donors (Lipinski definition) is 2. The molecule has 0 bridgehead atoms. The van der Waals surface area contributed by atoms with Crippen molar-refractivity contribution >= 4 is 11.6 Å². The van der Waals surface area contributed by atoms with E-state index in [-0.39, 0.29) is 5.91 Å². The number of amides is 1. The highest BCUT2D eigenvalue weighted by atomic mass is 16.2. The Hall–Kier alpha value is -1.55. The molecule has 2 aliphatic rings. The van der Waals surface area contributed by atoms with Crippen LogP contribution in [-0.2, 0) is 4.79 Å². The molecular weight excluding hydrogens is 226 g/mol. The Labute approximate surface area is 107 Å². The van der Waals surface area contributed by atoms with Gasteiger partial charge in [0.05, 0.1) is 5.69 Å². The maximum Gasteiger partial charge on any atom is 0.240 e. The van der Waals surface area contributed by atoms with Crippen molar-refractivity contribution in [2.45, 2.75) is 25.2 Å². The zero-order valence-electron chi connectivity index (χ0n) is 10.5. The van der Waals surface area contributed by atoms with Gasteiger partial charge in [-0.3, -0.25) is 15.2 Å². The molecule has 4 heteroatoms. The highest BCUT2D eigenvalue weighted by Gasteiger charge is 2.24. The van der Waals surface area contributed by atoms with Crippen molar-refractivity contribution in [3.8, 4) is 0 Å². The number of carbonyl (C=O) groups is 1. The fourth-order valence-electron chi connectivity index (χ4n) is 2.87. The molecule has 3 rings (SSSR count). The van der Waals surface area contributed by atoms with E-state index in [4.69, 9.17) is 0 Å². The van der Waals surface area contributed by atoms with Crippen LogP contribution in [0.25, 0.3) is 0 Å². The summed E-state index contributed by atoms with van der Waals surface area (Å²) in [5.41, 5.74) is 5.48. The van der Waals surface area contributed by atoms with E-state index in [1.54, 1.807) is 0 Å². The molecule has 0 aliphatic carbocycles. The van der Waals surface area contributed by atoms with Crippen molar-refractivity contribution in [2.75, 3.05) is 24.6 Å². The fraction of sp³-hybridized carbons (Fsp3) is 0.500. The summed E-state index contributed by atoms with van der Waals surface area (Å²) in [6.07, 6.45) is 2.96. The highest BCUT2D eigenvalue weighted by molar-refractivity contribution is 5.82. The van der Waals surface area contributed by atoms with E-state index in [0.717, 1.165) is 19.6 Å². The molecule has 2 saturated heterocycles. The van der Waals surface area contributed by atoms with Gasteiger partial charge < -0.3 is 5.32 Å². The molecule has 0 aromatic heterocycles. The van der Waals surface area contributed by atoms with Gasteiger partial charge in [0.15, 0.2) is 0 Å². The van der Waals surface area contributed by atoms with Crippen LogP contribution in [0.2, 0.25) is 0 Å². The van der Waals surface area contributed by atoms with Crippen LogP contribution in [0.15, 0.2) is 24.3 Å². The normalized spacial score (nSPS) is 21.1. The van der Waals surface area contributed by atoms with Crippen LogP contribution < -0.4 is 15.8 Å². The number of benzene rings is 1. The second kappa shape index (κ2) is 4.98. The highest BCUT2D eigenvalue weighted by Crippen LogP contribution is 2.33. The summed E-state index contributed by atoms with van der Waals surface area (Å²) in [6, 6.07) is 8.46. The lowest BCUT2D eigenvalue weighted by Gasteiger charge is -2.28. The molecule has 0 atom stereocenters. The van der Waals surface area contributed by atoms with Crippen LogP contribution >= 0.6 is 0 Å². The van der Waals surface area contributed by atoms with Crippen LogP contribution in [-0.4, -0.2) is 25.5 Å². The smallest absolute Gasteiger partial charge is 0.240 e. The van der Waals surface area contributed by atoms with Gasteiger partial charge in [0, 0.05) is 13.0 Å². The van der Waals surface area contributed by atoms with E-state index >= 15 is 0 Å². The first kappa shape index (κ1) is 11.5. The minimum Gasteiger partial charge on any atom is -0.317 e. The van der Waals surface area contributed by atoms with Gasteiger partial charge in [0.25, 0.3) is 0 Å². The first-order valence-electron chi connectivity index (χ1n) is 6.71. The van der Waals surface area contributed by atoms with Crippen LogP contribution in [0, 0.1) is 0 Å². The van der Waals surface area contributed by atoms with E-state index in [2.05, 4.69) is 28.9 Å². The van der Waals surface area contributed by atoms with Gasteiger partial charge in [-0.25, -0.2) is 0 Å². The lowest BCUT2D eigenvalue weighted by molar-refractivity contribution is -0.119. The molecule has 0 saturated carbocycles. The molecule has 2 aliphatic heterocycles. The molecule has 1 aromatic carbocycles. The molecule has 2 heterocycles. The summed E-state index contributed by atoms with van der Waals surface area (Å²) in [6.45, 7) is 2.96. The Kier molecular flexibility index (Phi) is 3.19. The fourth-order valence-corrected chi connectivity index (χ4v) is 2.87. The minimum atomic E-state index is 0.120. The van der Waals surface area contributed by atoms with E-state index in [1.165, 1.54) is 24.1 Å². The number of hydrogen-bond acceptors (Lipinski definition) is 3. The first-order chi connectivity index (χ1) is 8.84. The molecule has 0 unspecified atom stereocenters. The van der Waals surface area contributed by atoms with Crippen LogP contribution in [0.4, 0.5) is 5.69 Å². The summed E-state index contributed by atoms with van der Waals surface area (Å²) < 4.78 is 0. The summed E-state index contributed by atoms with van der Waals surface area (Å²) in [5.74, 6) is 0.732. The molecular formula is C14H19N3O. The molecule has 0 radical (unpaired) electrons. The first-order valence-corrected chi connectivity index (χ1v) is 6.71. The van der Waals surface area contributed by atoms with E-state index in [9.17, 15) is 4.79 Å². The molecule has 4 nitrogen and oxygen atoms in total. The molecule has 2 N–H and O–H groups in total. The average molecular weight is 245 g/mol. The van der Waals surface area contributed by atoms with Gasteiger partial charge in [-0.2, -0.15) is 0 Å². The second-order valence-corrected chi connectivity index (χ2v) is 5.02. The molecule has 18 heavy (non-hydrogen) atoms. The van der Waals surface area contributed by atoms with Crippen molar-refractivity contribution in [3.63, 3.8) is 0 Å². The van der Waals surface area contributed by atoms with Gasteiger partial charge in [0.1, 0.15) is 0 Å². The van der Waals surface area contributed by atoms with E-state index < -0.39 is 0 Å². The number of piperidine rings is 1. The Bertz CT molecular complexity index is 440. The predicted octanol–water partition coefficient (Wildman–Crippen LogP) is 1.39. The van der Waals surface area contributed by atoms with Crippen LogP contribution in [0.5, 0.6) is 0 Å². The summed E-state index contributed by atoms with van der Waals surface area (Å²) in [5, 5.41) is 5.40. The number of rotatable bonds is 2. The van der Waals surface area contributed by atoms with Gasteiger partial charge in [-0.1, -0.05) is 18.2 Å². The van der Waals surface area contributed by atoms with Crippen LogP contribution in [0.1, 0.15) is 30.7 Å². The van der Waals surface area contributed by atoms with E-state index in [1.807, 2.05) is 11.1 Å². The number of carbonyl (C=O) groups excluding carboxylic acids is 1. The standard InChI is InChI=1S/C14H19N3O/c18-14-7-10-17(16-14)13-4-2-1-3-12(13)11-5-8-15-9-6-11/h1-4,11,15H,5-10H2,(H,16,18). The molecule has 96 valence electrons. The van der Waals surface area contributed by atoms with Crippen LogP contribution in [0.3, 0.4) is 0 Å². The minimum absolute atomic E-state index is 0.120. The van der Waals surface area contributed by atoms with Gasteiger partial charge in [-0.05, 0) is 43.5 Å². The Morgan fingerprint density at radius 1 is 1.17 bits per heavy atom. The number of nitrogens with one attached hydrogen (secondary N) is 2. The number of hydrazine groups is 1. The Morgan fingerprint density at radius 2 is 1.94 bits per heavy atom. The van der Waals surface area contributed by atoms with Gasteiger partial charge >= 0.3 is 0 Å². The molecule has 1 aromatic rings. The second-order valence-electron chi connectivity index (χ2n) is 5.02. The average Bonchev–Trinajstić information content (AvgIpc) is 2.86. The molecule has 1 amide bonds. The number of anilines is 1. The summed E-state index contributed by atoms with van der Waals surface area (Å²) in [4.78, 5) is 11.4. The van der Waals surface area contributed by atoms with Gasteiger partial charge in [-0.15, -0.1) is 0 Å². The maximum absolute atomic E-state index is 11.4. The monoisotopic (exact) mass is 245 g/mol. The van der Waals surface area contributed by atoms with Crippen molar-refractivity contribution in [1.82, 2.24) is 10.7 Å². The van der Waals surface area contributed by atoms with Crippen molar-refractivity contribution in [3.05, 3.63) is 29.8 Å². The third-order valence-corrected chi connectivity index (χ3v) is 3.83. The summed E-state index contributed by atoms with van der Waals surface area (Å²) in [7, 11) is 0. The quantitative estimate of drug-likeness (QED) is 0.827. The number of nitrogens with zero attached hydrogens (tertiary/aromatic N) is 1.